The van der Waals surface area contributed by atoms with Gasteiger partial charge in [-0.3, -0.25) is 9.59 Å². The molecule has 0 saturated carbocycles. The van der Waals surface area contributed by atoms with Gasteiger partial charge in [0, 0.05) is 11.1 Å². The molecule has 0 unspecified atom stereocenters. The van der Waals surface area contributed by atoms with Crippen LogP contribution < -0.4 is 5.32 Å². The maximum Gasteiger partial charge on any atom is 0.311 e. The van der Waals surface area contributed by atoms with Crippen molar-refractivity contribution >= 4 is 40.7 Å². The predicted molar refractivity (Wildman–Crippen MR) is 97.7 cm³/mol. The first-order chi connectivity index (χ1) is 11.5. The lowest BCUT2D eigenvalue weighted by molar-refractivity contribution is -0.142. The number of hydrogen-bond acceptors (Lipinski definition) is 6. The number of thioether (sulfide) groups is 1. The van der Waals surface area contributed by atoms with Crippen molar-refractivity contribution in [3.63, 3.8) is 0 Å². The second-order valence-electron chi connectivity index (χ2n) is 5.22. The Bertz CT molecular complexity index is 728. The molecular weight excluding hydrogens is 344 g/mol. The van der Waals surface area contributed by atoms with Crippen molar-refractivity contribution in [2.45, 2.75) is 31.5 Å². The summed E-state index contributed by atoms with van der Waals surface area (Å²) in [7, 11) is 0. The Labute approximate surface area is 149 Å². The molecule has 1 amide bonds. The van der Waals surface area contributed by atoms with Gasteiger partial charge in [0.25, 0.3) is 0 Å². The first-order valence-corrected chi connectivity index (χ1v) is 9.44. The lowest BCUT2D eigenvalue weighted by atomic mass is 10.1. The van der Waals surface area contributed by atoms with Gasteiger partial charge < -0.3 is 10.1 Å². The Hall–Kier alpha value is -1.86. The van der Waals surface area contributed by atoms with Gasteiger partial charge in [-0.05, 0) is 44.0 Å². The zero-order chi connectivity index (χ0) is 17.5. The third kappa shape index (κ3) is 5.65. The summed E-state index contributed by atoms with van der Waals surface area (Å²) in [6.45, 7) is 6.19. The number of thiazole rings is 1. The molecule has 2 aromatic rings. The average Bonchev–Trinajstić information content (AvgIpc) is 2.96. The third-order valence-corrected chi connectivity index (χ3v) is 5.35. The normalized spacial score (nSPS) is 10.5. The van der Waals surface area contributed by atoms with Crippen molar-refractivity contribution in [2.24, 2.45) is 0 Å². The Kier molecular flexibility index (Phi) is 6.81. The lowest BCUT2D eigenvalue weighted by Crippen LogP contribution is -2.14. The van der Waals surface area contributed by atoms with Gasteiger partial charge >= 0.3 is 5.97 Å². The van der Waals surface area contributed by atoms with Gasteiger partial charge in [0.15, 0.2) is 4.34 Å². The monoisotopic (exact) mass is 364 g/mol. The molecule has 128 valence electrons. The summed E-state index contributed by atoms with van der Waals surface area (Å²) in [4.78, 5) is 27.8. The maximum atomic E-state index is 12.0. The minimum Gasteiger partial charge on any atom is -0.466 e. The number of hydrogen-bond donors (Lipinski definition) is 1. The Morgan fingerprint density at radius 2 is 2.08 bits per heavy atom. The summed E-state index contributed by atoms with van der Waals surface area (Å²) in [6.07, 6.45) is 0.166. The zero-order valence-electron chi connectivity index (χ0n) is 13.9. The van der Waals surface area contributed by atoms with Gasteiger partial charge in [0.05, 0.1) is 24.5 Å². The van der Waals surface area contributed by atoms with Crippen LogP contribution in [0.2, 0.25) is 0 Å². The molecule has 0 aliphatic heterocycles. The summed E-state index contributed by atoms with van der Waals surface area (Å²) in [5, 5.41) is 4.70. The quantitative estimate of drug-likeness (QED) is 0.600. The molecule has 1 heterocycles. The number of rotatable bonds is 7. The fourth-order valence-corrected chi connectivity index (χ4v) is 3.58. The summed E-state index contributed by atoms with van der Waals surface area (Å²) >= 11 is 2.79. The van der Waals surface area contributed by atoms with E-state index in [-0.39, 0.29) is 24.1 Å². The number of nitrogens with one attached hydrogen (secondary N) is 1. The van der Waals surface area contributed by atoms with E-state index in [1.54, 1.807) is 6.92 Å². The second-order valence-corrected chi connectivity index (χ2v) is 7.30. The van der Waals surface area contributed by atoms with Crippen molar-refractivity contribution < 1.29 is 14.3 Å². The number of ether oxygens (including phenoxy) is 1. The number of anilines is 1. The number of benzene rings is 1. The molecule has 1 aromatic heterocycles. The molecule has 7 heteroatoms. The van der Waals surface area contributed by atoms with Crippen molar-refractivity contribution in [1.82, 2.24) is 4.98 Å². The highest BCUT2D eigenvalue weighted by Crippen LogP contribution is 2.23. The molecule has 1 aromatic carbocycles. The molecule has 2 rings (SSSR count). The minimum atomic E-state index is -0.285. The largest absolute Gasteiger partial charge is 0.466 e. The van der Waals surface area contributed by atoms with E-state index in [0.29, 0.717) is 12.3 Å². The van der Waals surface area contributed by atoms with Crippen molar-refractivity contribution in [2.75, 3.05) is 17.7 Å². The summed E-state index contributed by atoms with van der Waals surface area (Å²) < 4.78 is 5.66. The van der Waals surface area contributed by atoms with Crippen LogP contribution in [0.5, 0.6) is 0 Å². The van der Waals surface area contributed by atoms with Crippen LogP contribution in [-0.4, -0.2) is 29.2 Å². The fraction of sp³-hybridized carbons (Fsp3) is 0.353. The molecule has 0 bridgehead atoms. The van der Waals surface area contributed by atoms with E-state index >= 15 is 0 Å². The lowest BCUT2D eigenvalue weighted by Gasteiger charge is -2.07. The van der Waals surface area contributed by atoms with E-state index in [4.69, 9.17) is 4.74 Å². The van der Waals surface area contributed by atoms with Crippen LogP contribution in [-0.2, 0) is 20.7 Å². The number of esters is 1. The topological polar surface area (TPSA) is 68.3 Å². The molecule has 24 heavy (non-hydrogen) atoms. The number of aryl methyl sites for hydroxylation is 2. The number of aromatic nitrogens is 1. The standard InChI is InChI=1S/C17H20N2O3S2/c1-4-22-16(21)8-14-9-23-17(19-14)24-10-15(20)18-13-6-5-11(2)12(3)7-13/h5-7,9H,4,8,10H2,1-3H3,(H,18,20). The highest BCUT2D eigenvalue weighted by molar-refractivity contribution is 8.01. The SMILES string of the molecule is CCOC(=O)Cc1csc(SCC(=O)Nc2ccc(C)c(C)c2)n1. The van der Waals surface area contributed by atoms with Crippen molar-refractivity contribution in [3.8, 4) is 0 Å². The van der Waals surface area contributed by atoms with Crippen molar-refractivity contribution in [1.29, 1.82) is 0 Å². The van der Waals surface area contributed by atoms with E-state index in [9.17, 15) is 9.59 Å². The van der Waals surface area contributed by atoms with Crippen LogP contribution in [0.3, 0.4) is 0 Å². The van der Waals surface area contributed by atoms with Crippen molar-refractivity contribution in [3.05, 3.63) is 40.4 Å². The summed E-state index contributed by atoms with van der Waals surface area (Å²) in [6, 6.07) is 5.84. The van der Waals surface area contributed by atoms with Crippen LogP contribution >= 0.6 is 23.1 Å². The number of amides is 1. The molecule has 0 fully saturated rings. The smallest absolute Gasteiger partial charge is 0.311 e. The second kappa shape index (κ2) is 8.84. The van der Waals surface area contributed by atoms with Crippen LogP contribution in [0, 0.1) is 13.8 Å². The zero-order valence-corrected chi connectivity index (χ0v) is 15.6. The third-order valence-electron chi connectivity index (χ3n) is 3.28. The molecule has 1 N–H and O–H groups in total. The Balaban J connectivity index is 1.82. The average molecular weight is 364 g/mol. The van der Waals surface area contributed by atoms with Crippen LogP contribution in [0.15, 0.2) is 27.9 Å². The molecule has 0 atom stereocenters. The van der Waals surface area contributed by atoms with Gasteiger partial charge in [-0.25, -0.2) is 4.98 Å². The molecule has 0 aliphatic rings. The van der Waals surface area contributed by atoms with Gasteiger partial charge in [0.1, 0.15) is 0 Å². The number of carbonyl (C=O) groups is 2. The van der Waals surface area contributed by atoms with E-state index in [1.807, 2.05) is 37.4 Å². The summed E-state index contributed by atoms with van der Waals surface area (Å²) in [5.74, 6) is -0.0866. The van der Waals surface area contributed by atoms with E-state index in [2.05, 4.69) is 10.3 Å². The van der Waals surface area contributed by atoms with Crippen LogP contribution in [0.1, 0.15) is 23.7 Å². The Morgan fingerprint density at radius 3 is 2.79 bits per heavy atom. The van der Waals surface area contributed by atoms with Gasteiger partial charge in [0.2, 0.25) is 5.91 Å². The molecular formula is C17H20N2O3S2. The maximum absolute atomic E-state index is 12.0. The first kappa shape index (κ1) is 18.5. The molecule has 0 spiro atoms. The van der Waals surface area contributed by atoms with E-state index < -0.39 is 0 Å². The van der Waals surface area contributed by atoms with E-state index in [1.165, 1.54) is 28.7 Å². The van der Waals surface area contributed by atoms with E-state index in [0.717, 1.165) is 15.6 Å². The molecule has 0 radical (unpaired) electrons. The number of carbonyl (C=O) groups excluding carboxylic acids is 2. The summed E-state index contributed by atoms with van der Waals surface area (Å²) in [5.41, 5.74) is 3.81. The molecule has 5 nitrogen and oxygen atoms in total. The predicted octanol–water partition coefficient (Wildman–Crippen LogP) is 3.60. The minimum absolute atomic E-state index is 0.0783. The van der Waals surface area contributed by atoms with Gasteiger partial charge in [-0.1, -0.05) is 17.8 Å². The van der Waals surface area contributed by atoms with Gasteiger partial charge in [-0.2, -0.15) is 0 Å². The molecule has 0 aliphatic carbocycles. The Morgan fingerprint density at radius 1 is 1.29 bits per heavy atom. The highest BCUT2D eigenvalue weighted by atomic mass is 32.2. The first-order valence-electron chi connectivity index (χ1n) is 7.58. The number of nitrogens with zero attached hydrogens (tertiary/aromatic N) is 1. The van der Waals surface area contributed by atoms with Gasteiger partial charge in [-0.15, -0.1) is 11.3 Å². The molecule has 0 saturated heterocycles. The fourth-order valence-electron chi connectivity index (χ4n) is 1.94. The van der Waals surface area contributed by atoms with Crippen LogP contribution in [0.25, 0.3) is 0 Å². The highest BCUT2D eigenvalue weighted by Gasteiger charge is 2.10. The van der Waals surface area contributed by atoms with Crippen LogP contribution in [0.4, 0.5) is 5.69 Å².